The number of anilines is 1. The predicted octanol–water partition coefficient (Wildman–Crippen LogP) is 2.94. The molecule has 1 aromatic carbocycles. The monoisotopic (exact) mass is 326 g/mol. The molecule has 1 saturated carbocycles. The number of rotatable bonds is 4. The van der Waals surface area contributed by atoms with Gasteiger partial charge in [-0.05, 0) is 50.2 Å². The molecule has 126 valence electrons. The van der Waals surface area contributed by atoms with Crippen LogP contribution < -0.4 is 5.32 Å². The maximum absolute atomic E-state index is 12.6. The molecule has 0 unspecified atom stereocenters. The molecule has 0 radical (unpaired) electrons. The van der Waals surface area contributed by atoms with E-state index >= 15 is 0 Å². The SMILES string of the molecule is C[C@H](Nc1nnc(-c2ccccc2)o1)C(=O)N1CCC2(CC1)CC2. The second-order valence-corrected chi connectivity index (χ2v) is 6.97. The summed E-state index contributed by atoms with van der Waals surface area (Å²) >= 11 is 0. The molecule has 4 rings (SSSR count). The number of likely N-dealkylation sites (tertiary alicyclic amines) is 1. The zero-order chi connectivity index (χ0) is 16.6. The van der Waals surface area contributed by atoms with E-state index in [1.807, 2.05) is 42.2 Å². The zero-order valence-electron chi connectivity index (χ0n) is 13.9. The number of hydrogen-bond donors (Lipinski definition) is 1. The fraction of sp³-hybridized carbons (Fsp3) is 0.500. The molecule has 1 saturated heterocycles. The second kappa shape index (κ2) is 5.92. The van der Waals surface area contributed by atoms with Crippen LogP contribution in [0.15, 0.2) is 34.7 Å². The summed E-state index contributed by atoms with van der Waals surface area (Å²) in [6.45, 7) is 3.57. The topological polar surface area (TPSA) is 71.3 Å². The van der Waals surface area contributed by atoms with Crippen LogP contribution in [0.3, 0.4) is 0 Å². The van der Waals surface area contributed by atoms with E-state index in [0.717, 1.165) is 31.5 Å². The van der Waals surface area contributed by atoms with Crippen LogP contribution in [0.5, 0.6) is 0 Å². The molecule has 1 atom stereocenters. The third-order valence-electron chi connectivity index (χ3n) is 5.25. The van der Waals surface area contributed by atoms with Crippen molar-refractivity contribution in [2.24, 2.45) is 5.41 Å². The van der Waals surface area contributed by atoms with Crippen LogP contribution in [0.1, 0.15) is 32.6 Å². The molecule has 2 fully saturated rings. The molecular formula is C18H22N4O2. The highest BCUT2D eigenvalue weighted by Crippen LogP contribution is 2.53. The van der Waals surface area contributed by atoms with Crippen molar-refractivity contribution in [3.63, 3.8) is 0 Å². The standard InChI is InChI=1S/C18H22N4O2/c1-13(16(23)22-11-9-18(7-8-18)10-12-22)19-17-21-20-15(24-17)14-5-3-2-4-6-14/h2-6,13H,7-12H2,1H3,(H,19,21)/t13-/m0/s1. The Morgan fingerprint density at radius 3 is 2.54 bits per heavy atom. The van der Waals surface area contributed by atoms with Crippen molar-refractivity contribution in [2.45, 2.75) is 38.6 Å². The molecule has 1 aromatic heterocycles. The minimum Gasteiger partial charge on any atom is -0.403 e. The number of carbonyl (C=O) groups excluding carboxylic acids is 1. The largest absolute Gasteiger partial charge is 0.403 e. The highest BCUT2D eigenvalue weighted by Gasteiger charge is 2.45. The van der Waals surface area contributed by atoms with Gasteiger partial charge in [-0.2, -0.15) is 0 Å². The minimum absolute atomic E-state index is 0.102. The van der Waals surface area contributed by atoms with Gasteiger partial charge in [-0.15, -0.1) is 5.10 Å². The zero-order valence-corrected chi connectivity index (χ0v) is 13.9. The molecule has 1 amide bonds. The highest BCUT2D eigenvalue weighted by atomic mass is 16.4. The maximum Gasteiger partial charge on any atom is 0.316 e. The first-order valence-corrected chi connectivity index (χ1v) is 8.60. The van der Waals surface area contributed by atoms with E-state index in [4.69, 9.17) is 4.42 Å². The summed E-state index contributed by atoms with van der Waals surface area (Å²) in [7, 11) is 0. The minimum atomic E-state index is -0.373. The van der Waals surface area contributed by atoms with Crippen molar-refractivity contribution in [1.82, 2.24) is 15.1 Å². The van der Waals surface area contributed by atoms with Gasteiger partial charge in [0.15, 0.2) is 0 Å². The highest BCUT2D eigenvalue weighted by molar-refractivity contribution is 5.83. The molecule has 0 bridgehead atoms. The van der Waals surface area contributed by atoms with E-state index in [2.05, 4.69) is 15.5 Å². The molecule has 2 aromatic rings. The van der Waals surface area contributed by atoms with Gasteiger partial charge in [-0.3, -0.25) is 4.79 Å². The number of hydrogen-bond acceptors (Lipinski definition) is 5. The first-order valence-electron chi connectivity index (χ1n) is 8.60. The van der Waals surface area contributed by atoms with Crippen LogP contribution in [-0.4, -0.2) is 40.1 Å². The van der Waals surface area contributed by atoms with Gasteiger partial charge >= 0.3 is 6.01 Å². The number of piperidine rings is 1. The molecule has 24 heavy (non-hydrogen) atoms. The molecule has 1 N–H and O–H groups in total. The van der Waals surface area contributed by atoms with Gasteiger partial charge in [-0.25, -0.2) is 0 Å². The van der Waals surface area contributed by atoms with Crippen molar-refractivity contribution >= 4 is 11.9 Å². The molecule has 2 aliphatic rings. The third kappa shape index (κ3) is 3.00. The number of amides is 1. The van der Waals surface area contributed by atoms with Crippen LogP contribution in [0, 0.1) is 5.41 Å². The summed E-state index contributed by atoms with van der Waals surface area (Å²) in [6, 6.07) is 9.50. The number of benzene rings is 1. The van der Waals surface area contributed by atoms with E-state index in [9.17, 15) is 4.79 Å². The summed E-state index contributed by atoms with van der Waals surface area (Å²) in [6.07, 6.45) is 4.97. The molecule has 1 aliphatic heterocycles. The van der Waals surface area contributed by atoms with E-state index < -0.39 is 0 Å². The maximum atomic E-state index is 12.6. The third-order valence-corrected chi connectivity index (χ3v) is 5.25. The van der Waals surface area contributed by atoms with Crippen molar-refractivity contribution in [3.05, 3.63) is 30.3 Å². The van der Waals surface area contributed by atoms with Crippen LogP contribution in [-0.2, 0) is 4.79 Å². The van der Waals surface area contributed by atoms with Gasteiger partial charge in [0.1, 0.15) is 6.04 Å². The molecule has 6 nitrogen and oxygen atoms in total. The Morgan fingerprint density at radius 1 is 1.17 bits per heavy atom. The van der Waals surface area contributed by atoms with E-state index in [1.165, 1.54) is 12.8 Å². The smallest absolute Gasteiger partial charge is 0.316 e. The summed E-state index contributed by atoms with van der Waals surface area (Å²) < 4.78 is 5.62. The summed E-state index contributed by atoms with van der Waals surface area (Å²) in [5, 5.41) is 11.1. The predicted molar refractivity (Wildman–Crippen MR) is 90.3 cm³/mol. The van der Waals surface area contributed by atoms with E-state index in [0.29, 0.717) is 11.3 Å². The number of carbonyl (C=O) groups is 1. The Balaban J connectivity index is 1.36. The van der Waals surface area contributed by atoms with Crippen LogP contribution in [0.2, 0.25) is 0 Å². The average molecular weight is 326 g/mol. The Hall–Kier alpha value is -2.37. The fourth-order valence-electron chi connectivity index (χ4n) is 3.38. The molecule has 1 spiro atoms. The molecular weight excluding hydrogens is 304 g/mol. The normalized spacial score (nSPS) is 20.0. The van der Waals surface area contributed by atoms with Crippen molar-refractivity contribution in [3.8, 4) is 11.5 Å². The van der Waals surface area contributed by atoms with Crippen LogP contribution in [0.4, 0.5) is 6.01 Å². The van der Waals surface area contributed by atoms with E-state index in [-0.39, 0.29) is 18.0 Å². The summed E-state index contributed by atoms with van der Waals surface area (Å²) in [5.41, 5.74) is 1.44. The number of aromatic nitrogens is 2. The fourth-order valence-corrected chi connectivity index (χ4v) is 3.38. The molecule has 2 heterocycles. The van der Waals surface area contributed by atoms with Crippen molar-refractivity contribution in [2.75, 3.05) is 18.4 Å². The Morgan fingerprint density at radius 2 is 1.88 bits per heavy atom. The van der Waals surface area contributed by atoms with Gasteiger partial charge < -0.3 is 14.6 Å². The van der Waals surface area contributed by atoms with Gasteiger partial charge in [-0.1, -0.05) is 23.3 Å². The molecule has 6 heteroatoms. The Bertz CT molecular complexity index is 714. The quantitative estimate of drug-likeness (QED) is 0.935. The summed E-state index contributed by atoms with van der Waals surface area (Å²) in [5.74, 6) is 0.552. The lowest BCUT2D eigenvalue weighted by atomic mass is 9.93. The lowest BCUT2D eigenvalue weighted by Crippen LogP contribution is -2.45. The number of nitrogens with zero attached hydrogens (tertiary/aromatic N) is 3. The van der Waals surface area contributed by atoms with Gasteiger partial charge in [0, 0.05) is 18.7 Å². The van der Waals surface area contributed by atoms with E-state index in [1.54, 1.807) is 0 Å². The van der Waals surface area contributed by atoms with Crippen molar-refractivity contribution in [1.29, 1.82) is 0 Å². The Kier molecular flexibility index (Phi) is 3.75. The number of nitrogens with one attached hydrogen (secondary N) is 1. The lowest BCUT2D eigenvalue weighted by Gasteiger charge is -2.33. The van der Waals surface area contributed by atoms with Crippen LogP contribution in [0.25, 0.3) is 11.5 Å². The Labute approximate surface area is 141 Å². The van der Waals surface area contributed by atoms with Crippen molar-refractivity contribution < 1.29 is 9.21 Å². The average Bonchev–Trinajstić information content (AvgIpc) is 3.20. The first-order chi connectivity index (χ1) is 11.7. The first kappa shape index (κ1) is 15.2. The molecule has 1 aliphatic carbocycles. The van der Waals surface area contributed by atoms with Gasteiger partial charge in [0.2, 0.25) is 11.8 Å². The van der Waals surface area contributed by atoms with Gasteiger partial charge in [0.25, 0.3) is 0 Å². The van der Waals surface area contributed by atoms with Gasteiger partial charge in [0.05, 0.1) is 0 Å². The summed E-state index contributed by atoms with van der Waals surface area (Å²) in [4.78, 5) is 14.5. The lowest BCUT2D eigenvalue weighted by molar-refractivity contribution is -0.133. The van der Waals surface area contributed by atoms with Crippen LogP contribution >= 0.6 is 0 Å². The second-order valence-electron chi connectivity index (χ2n) is 6.97.